The summed E-state index contributed by atoms with van der Waals surface area (Å²) in [6, 6.07) is 13.5. The summed E-state index contributed by atoms with van der Waals surface area (Å²) in [7, 11) is 4.00. The van der Waals surface area contributed by atoms with Crippen molar-refractivity contribution < 1.29 is 4.79 Å². The highest BCUT2D eigenvalue weighted by atomic mass is 35.5. The first-order chi connectivity index (χ1) is 10.0. The van der Waals surface area contributed by atoms with E-state index in [9.17, 15) is 4.79 Å². The fourth-order valence-corrected chi connectivity index (χ4v) is 2.52. The van der Waals surface area contributed by atoms with Crippen LogP contribution < -0.4 is 10.2 Å². The molecule has 0 spiro atoms. The number of anilines is 2. The Morgan fingerprint density at radius 2 is 1.81 bits per heavy atom. The Labute approximate surface area is 128 Å². The molecule has 0 saturated carbocycles. The number of carbonyl (C=O) groups excluding carboxylic acids is 1. The molecule has 3 rings (SSSR count). The molecule has 0 fully saturated rings. The number of hydrogen-bond acceptors (Lipinski definition) is 2. The van der Waals surface area contributed by atoms with Gasteiger partial charge in [0.15, 0.2) is 0 Å². The molecule has 4 heteroatoms. The summed E-state index contributed by atoms with van der Waals surface area (Å²) in [5, 5.41) is 3.45. The highest BCUT2D eigenvalue weighted by molar-refractivity contribution is 6.36. The van der Waals surface area contributed by atoms with Crippen molar-refractivity contribution in [3.05, 3.63) is 58.6 Å². The van der Waals surface area contributed by atoms with E-state index >= 15 is 0 Å². The van der Waals surface area contributed by atoms with Gasteiger partial charge in [-0.1, -0.05) is 29.8 Å². The zero-order valence-electron chi connectivity index (χ0n) is 11.9. The van der Waals surface area contributed by atoms with Gasteiger partial charge in [-0.3, -0.25) is 4.79 Å². The number of fused-ring (bicyclic) bond motifs is 1. The molecule has 1 aliphatic heterocycles. The van der Waals surface area contributed by atoms with Crippen LogP contribution >= 0.6 is 11.6 Å². The van der Waals surface area contributed by atoms with Gasteiger partial charge in [0.1, 0.15) is 0 Å². The molecule has 1 N–H and O–H groups in total. The molecule has 1 amide bonds. The molecule has 0 unspecified atom stereocenters. The Morgan fingerprint density at radius 1 is 1.10 bits per heavy atom. The molecular weight excluding hydrogens is 284 g/mol. The molecule has 0 saturated heterocycles. The van der Waals surface area contributed by atoms with Crippen LogP contribution in [-0.2, 0) is 4.79 Å². The van der Waals surface area contributed by atoms with Crippen LogP contribution in [0.1, 0.15) is 11.1 Å². The summed E-state index contributed by atoms with van der Waals surface area (Å²) in [4.78, 5) is 14.1. The normalized spacial score (nSPS) is 15.0. The summed E-state index contributed by atoms with van der Waals surface area (Å²) >= 11 is 5.95. The molecule has 3 nitrogen and oxygen atoms in total. The molecule has 0 aromatic heterocycles. The van der Waals surface area contributed by atoms with Gasteiger partial charge in [-0.25, -0.2) is 0 Å². The van der Waals surface area contributed by atoms with Gasteiger partial charge in [-0.2, -0.15) is 0 Å². The third-order valence-electron chi connectivity index (χ3n) is 3.49. The Morgan fingerprint density at radius 3 is 2.48 bits per heavy atom. The molecule has 106 valence electrons. The second kappa shape index (κ2) is 5.26. The first-order valence-corrected chi connectivity index (χ1v) is 7.03. The number of carbonyl (C=O) groups is 1. The number of benzene rings is 2. The van der Waals surface area contributed by atoms with Crippen molar-refractivity contribution in [3.63, 3.8) is 0 Å². The van der Waals surface area contributed by atoms with Crippen molar-refractivity contribution >= 4 is 40.5 Å². The minimum atomic E-state index is -0.0936. The topological polar surface area (TPSA) is 32.3 Å². The molecule has 2 aromatic carbocycles. The third kappa shape index (κ3) is 2.65. The van der Waals surface area contributed by atoms with Crippen LogP contribution in [0.4, 0.5) is 11.4 Å². The Hall–Kier alpha value is -2.26. The van der Waals surface area contributed by atoms with Crippen LogP contribution in [0.25, 0.3) is 11.6 Å². The molecule has 1 aliphatic rings. The van der Waals surface area contributed by atoms with Crippen molar-refractivity contribution in [1.82, 2.24) is 0 Å². The number of nitrogens with one attached hydrogen (secondary N) is 1. The molecule has 0 bridgehead atoms. The van der Waals surface area contributed by atoms with Gasteiger partial charge in [0.05, 0.1) is 5.69 Å². The molecule has 21 heavy (non-hydrogen) atoms. The van der Waals surface area contributed by atoms with Gasteiger partial charge in [-0.05, 0) is 35.9 Å². The number of halogens is 1. The lowest BCUT2D eigenvalue weighted by molar-refractivity contribution is -0.110. The van der Waals surface area contributed by atoms with Crippen molar-refractivity contribution in [2.45, 2.75) is 0 Å². The van der Waals surface area contributed by atoms with Crippen molar-refractivity contribution in [1.29, 1.82) is 0 Å². The summed E-state index contributed by atoms with van der Waals surface area (Å²) < 4.78 is 0. The van der Waals surface area contributed by atoms with E-state index in [4.69, 9.17) is 11.6 Å². The number of amides is 1. The Bertz CT molecular complexity index is 733. The molecule has 0 aliphatic carbocycles. The van der Waals surface area contributed by atoms with E-state index in [2.05, 4.69) is 5.32 Å². The standard InChI is InChI=1S/C17H15ClN2O/c1-20(2)13-6-3-11(4-7-13)9-15-14-8-5-12(18)10-16(14)19-17(15)21/h3-10H,1-2H3,(H,19,21)/b15-9+. The minimum Gasteiger partial charge on any atom is -0.378 e. The highest BCUT2D eigenvalue weighted by Gasteiger charge is 2.23. The average molecular weight is 299 g/mol. The van der Waals surface area contributed by atoms with Gasteiger partial charge in [0.2, 0.25) is 0 Å². The molecule has 0 atom stereocenters. The lowest BCUT2D eigenvalue weighted by Gasteiger charge is -2.11. The van der Waals surface area contributed by atoms with Gasteiger partial charge in [0, 0.05) is 35.9 Å². The first kappa shape index (κ1) is 13.7. The van der Waals surface area contributed by atoms with Gasteiger partial charge in [0.25, 0.3) is 5.91 Å². The van der Waals surface area contributed by atoms with E-state index in [1.165, 1.54) is 0 Å². The summed E-state index contributed by atoms with van der Waals surface area (Å²) in [5.41, 5.74) is 4.44. The van der Waals surface area contributed by atoms with Crippen LogP contribution in [0, 0.1) is 0 Å². The SMILES string of the molecule is CN(C)c1ccc(/C=C2/C(=O)Nc3cc(Cl)ccc32)cc1. The van der Waals surface area contributed by atoms with Crippen molar-refractivity contribution in [2.24, 2.45) is 0 Å². The quantitative estimate of drug-likeness (QED) is 0.853. The predicted octanol–water partition coefficient (Wildman–Crippen LogP) is 3.90. The summed E-state index contributed by atoms with van der Waals surface area (Å²) in [6.45, 7) is 0. The van der Waals surface area contributed by atoms with E-state index in [-0.39, 0.29) is 5.91 Å². The smallest absolute Gasteiger partial charge is 0.256 e. The lowest BCUT2D eigenvalue weighted by Crippen LogP contribution is -2.08. The van der Waals surface area contributed by atoms with Crippen LogP contribution in [-0.4, -0.2) is 20.0 Å². The Kier molecular flexibility index (Phi) is 3.43. The molecular formula is C17H15ClN2O. The van der Waals surface area contributed by atoms with Crippen molar-refractivity contribution in [3.8, 4) is 0 Å². The van der Waals surface area contributed by atoms with Crippen LogP contribution in [0.5, 0.6) is 0 Å². The highest BCUT2D eigenvalue weighted by Crippen LogP contribution is 2.34. The van der Waals surface area contributed by atoms with Gasteiger partial charge in [-0.15, -0.1) is 0 Å². The predicted molar refractivity (Wildman–Crippen MR) is 88.7 cm³/mol. The zero-order chi connectivity index (χ0) is 15.0. The van der Waals surface area contributed by atoms with Crippen molar-refractivity contribution in [2.75, 3.05) is 24.3 Å². The molecule has 0 radical (unpaired) electrons. The summed E-state index contributed by atoms with van der Waals surface area (Å²) in [6.07, 6.45) is 1.90. The first-order valence-electron chi connectivity index (χ1n) is 6.65. The molecule has 2 aromatic rings. The van der Waals surface area contributed by atoms with Gasteiger partial charge >= 0.3 is 0 Å². The maximum Gasteiger partial charge on any atom is 0.256 e. The zero-order valence-corrected chi connectivity index (χ0v) is 12.6. The number of rotatable bonds is 2. The number of hydrogen-bond donors (Lipinski definition) is 1. The summed E-state index contributed by atoms with van der Waals surface area (Å²) in [5.74, 6) is -0.0936. The maximum atomic E-state index is 12.1. The monoisotopic (exact) mass is 298 g/mol. The van der Waals surface area contributed by atoms with Crippen LogP contribution in [0.2, 0.25) is 5.02 Å². The van der Waals surface area contributed by atoms with Crippen LogP contribution in [0.15, 0.2) is 42.5 Å². The largest absolute Gasteiger partial charge is 0.378 e. The van der Waals surface area contributed by atoms with Gasteiger partial charge < -0.3 is 10.2 Å². The second-order valence-corrected chi connectivity index (χ2v) is 5.62. The molecule has 1 heterocycles. The second-order valence-electron chi connectivity index (χ2n) is 5.19. The lowest BCUT2D eigenvalue weighted by atomic mass is 10.0. The fraction of sp³-hybridized carbons (Fsp3) is 0.118. The maximum absolute atomic E-state index is 12.1. The fourth-order valence-electron chi connectivity index (χ4n) is 2.35. The number of nitrogens with zero attached hydrogens (tertiary/aromatic N) is 1. The van der Waals surface area contributed by atoms with E-state index in [0.717, 1.165) is 22.5 Å². The minimum absolute atomic E-state index is 0.0936. The van der Waals surface area contributed by atoms with E-state index in [1.807, 2.05) is 55.4 Å². The third-order valence-corrected chi connectivity index (χ3v) is 3.72. The Balaban J connectivity index is 1.98. The van der Waals surface area contributed by atoms with E-state index in [0.29, 0.717) is 10.6 Å². The van der Waals surface area contributed by atoms with E-state index < -0.39 is 0 Å². The van der Waals surface area contributed by atoms with E-state index in [1.54, 1.807) is 12.1 Å². The average Bonchev–Trinajstić information content (AvgIpc) is 2.75. The van der Waals surface area contributed by atoms with Crippen LogP contribution in [0.3, 0.4) is 0 Å².